The fourth-order valence-corrected chi connectivity index (χ4v) is 4.15. The number of fused-ring (bicyclic) bond motifs is 1. The molecule has 1 amide bonds. The Morgan fingerprint density at radius 3 is 2.41 bits per heavy atom. The summed E-state index contributed by atoms with van der Waals surface area (Å²) in [6.45, 7) is 10.5. The van der Waals surface area contributed by atoms with E-state index in [9.17, 15) is 4.79 Å². The Morgan fingerprint density at radius 2 is 1.78 bits per heavy atom. The highest BCUT2D eigenvalue weighted by Gasteiger charge is 2.15. The van der Waals surface area contributed by atoms with Crippen molar-refractivity contribution in [2.24, 2.45) is 0 Å². The zero-order valence-corrected chi connectivity index (χ0v) is 17.8. The third-order valence-corrected chi connectivity index (χ3v) is 5.41. The van der Waals surface area contributed by atoms with Gasteiger partial charge in [-0.05, 0) is 66.4 Å². The minimum atomic E-state index is -0.235. The van der Waals surface area contributed by atoms with E-state index in [4.69, 9.17) is 12.2 Å². The van der Waals surface area contributed by atoms with E-state index < -0.39 is 0 Å². The zero-order chi connectivity index (χ0) is 19.8. The topological polar surface area (TPSA) is 54.0 Å². The molecule has 2 N–H and O–H groups in total. The Balaban J connectivity index is 1.68. The third-order valence-electron chi connectivity index (χ3n) is 4.29. The predicted octanol–water partition coefficient (Wildman–Crippen LogP) is 5.34. The van der Waals surface area contributed by atoms with Crippen LogP contribution in [0.2, 0.25) is 0 Å². The van der Waals surface area contributed by atoms with Crippen LogP contribution in [0.1, 0.15) is 47.8 Å². The SMILES string of the molecule is Cc1cc(C)c2nc(NC(=S)NC(=O)c3ccc(C(C)(C)C)cc3)sc2c1. The molecule has 0 aliphatic heterocycles. The monoisotopic (exact) mass is 397 g/mol. The lowest BCUT2D eigenvalue weighted by atomic mass is 9.87. The summed E-state index contributed by atoms with van der Waals surface area (Å²) in [5.41, 5.74) is 5.09. The molecule has 0 spiro atoms. The number of rotatable bonds is 2. The van der Waals surface area contributed by atoms with Crippen LogP contribution < -0.4 is 10.6 Å². The summed E-state index contributed by atoms with van der Waals surface area (Å²) >= 11 is 6.80. The van der Waals surface area contributed by atoms with Crippen LogP contribution in [0.25, 0.3) is 10.2 Å². The van der Waals surface area contributed by atoms with Gasteiger partial charge in [-0.25, -0.2) is 4.98 Å². The molecule has 0 aliphatic carbocycles. The van der Waals surface area contributed by atoms with E-state index in [1.807, 2.05) is 31.2 Å². The normalized spacial score (nSPS) is 11.4. The van der Waals surface area contributed by atoms with Crippen molar-refractivity contribution >= 4 is 49.9 Å². The Hall–Kier alpha value is -2.31. The lowest BCUT2D eigenvalue weighted by molar-refractivity contribution is 0.0977. The van der Waals surface area contributed by atoms with E-state index in [0.717, 1.165) is 15.8 Å². The highest BCUT2D eigenvalue weighted by Crippen LogP contribution is 2.29. The minimum Gasteiger partial charge on any atom is -0.308 e. The van der Waals surface area contributed by atoms with Crippen LogP contribution in [-0.2, 0) is 5.41 Å². The van der Waals surface area contributed by atoms with Gasteiger partial charge in [0.05, 0.1) is 10.2 Å². The van der Waals surface area contributed by atoms with E-state index in [1.165, 1.54) is 22.5 Å². The van der Waals surface area contributed by atoms with Gasteiger partial charge in [-0.2, -0.15) is 0 Å². The van der Waals surface area contributed by atoms with Crippen molar-refractivity contribution in [2.45, 2.75) is 40.0 Å². The van der Waals surface area contributed by atoms with Crippen LogP contribution in [0.5, 0.6) is 0 Å². The number of thiazole rings is 1. The number of carbonyl (C=O) groups excluding carboxylic acids is 1. The van der Waals surface area contributed by atoms with Crippen LogP contribution in [-0.4, -0.2) is 16.0 Å². The van der Waals surface area contributed by atoms with Crippen LogP contribution in [0, 0.1) is 13.8 Å². The Bertz CT molecular complexity index is 1010. The average molecular weight is 398 g/mol. The fraction of sp³-hybridized carbons (Fsp3) is 0.286. The molecule has 2 aromatic carbocycles. The molecular formula is C21H23N3OS2. The molecule has 4 nitrogen and oxygen atoms in total. The standard InChI is InChI=1S/C21H23N3OS2/c1-12-10-13(2)17-16(11-12)27-20(22-17)24-19(26)23-18(25)14-6-8-15(9-7-14)21(3,4)5/h6-11H,1-5H3,(H2,22,23,24,25,26). The number of benzene rings is 2. The lowest BCUT2D eigenvalue weighted by Crippen LogP contribution is -2.34. The van der Waals surface area contributed by atoms with E-state index in [1.54, 1.807) is 0 Å². The van der Waals surface area contributed by atoms with Gasteiger partial charge in [0.15, 0.2) is 10.2 Å². The van der Waals surface area contributed by atoms with E-state index in [2.05, 4.69) is 55.4 Å². The maximum Gasteiger partial charge on any atom is 0.257 e. The molecule has 0 aliphatic rings. The zero-order valence-electron chi connectivity index (χ0n) is 16.1. The number of thiocarbonyl (C=S) groups is 1. The second-order valence-electron chi connectivity index (χ2n) is 7.68. The molecule has 0 saturated carbocycles. The summed E-state index contributed by atoms with van der Waals surface area (Å²) in [5.74, 6) is -0.235. The Labute approximate surface area is 169 Å². The van der Waals surface area contributed by atoms with Gasteiger partial charge in [-0.1, -0.05) is 50.3 Å². The molecule has 140 valence electrons. The van der Waals surface area contributed by atoms with E-state index in [0.29, 0.717) is 10.7 Å². The molecule has 3 aromatic rings. The van der Waals surface area contributed by atoms with Crippen LogP contribution >= 0.6 is 23.6 Å². The summed E-state index contributed by atoms with van der Waals surface area (Å²) in [6, 6.07) is 11.8. The van der Waals surface area contributed by atoms with Gasteiger partial charge in [0.2, 0.25) is 0 Å². The number of nitrogens with zero attached hydrogens (tertiary/aromatic N) is 1. The molecule has 1 heterocycles. The van der Waals surface area contributed by atoms with Crippen LogP contribution in [0.4, 0.5) is 5.13 Å². The van der Waals surface area contributed by atoms with Crippen molar-refractivity contribution in [1.29, 1.82) is 0 Å². The highest BCUT2D eigenvalue weighted by molar-refractivity contribution is 7.80. The first kappa shape index (κ1) is 19.5. The van der Waals surface area contributed by atoms with Crippen molar-refractivity contribution in [2.75, 3.05) is 5.32 Å². The molecule has 0 radical (unpaired) electrons. The maximum atomic E-state index is 12.4. The molecule has 6 heteroatoms. The molecule has 0 bridgehead atoms. The second-order valence-corrected chi connectivity index (χ2v) is 9.12. The molecule has 0 atom stereocenters. The van der Waals surface area contributed by atoms with E-state index in [-0.39, 0.29) is 16.4 Å². The van der Waals surface area contributed by atoms with Gasteiger partial charge >= 0.3 is 0 Å². The lowest BCUT2D eigenvalue weighted by Gasteiger charge is -2.19. The summed E-state index contributed by atoms with van der Waals surface area (Å²) in [7, 11) is 0. The molecule has 3 rings (SSSR count). The van der Waals surface area contributed by atoms with Crippen molar-refractivity contribution in [3.63, 3.8) is 0 Å². The maximum absolute atomic E-state index is 12.4. The van der Waals surface area contributed by atoms with Crippen molar-refractivity contribution in [3.8, 4) is 0 Å². The molecule has 0 saturated heterocycles. The fourth-order valence-electron chi connectivity index (χ4n) is 2.85. The van der Waals surface area contributed by atoms with Crippen molar-refractivity contribution < 1.29 is 4.79 Å². The number of anilines is 1. The largest absolute Gasteiger partial charge is 0.308 e. The summed E-state index contributed by atoms with van der Waals surface area (Å²) < 4.78 is 1.10. The van der Waals surface area contributed by atoms with Crippen molar-refractivity contribution in [1.82, 2.24) is 10.3 Å². The summed E-state index contributed by atoms with van der Waals surface area (Å²) in [4.78, 5) is 17.0. The molecule has 27 heavy (non-hydrogen) atoms. The first-order chi connectivity index (χ1) is 12.6. The number of aryl methyl sites for hydroxylation is 2. The van der Waals surface area contributed by atoms with Gasteiger partial charge in [-0.15, -0.1) is 0 Å². The van der Waals surface area contributed by atoms with E-state index >= 15 is 0 Å². The first-order valence-electron chi connectivity index (χ1n) is 8.74. The number of carbonyl (C=O) groups is 1. The molecule has 1 aromatic heterocycles. The van der Waals surface area contributed by atoms with Crippen LogP contribution in [0.15, 0.2) is 36.4 Å². The van der Waals surface area contributed by atoms with Gasteiger partial charge in [0.1, 0.15) is 0 Å². The number of hydrogen-bond donors (Lipinski definition) is 2. The Kier molecular flexibility index (Phi) is 5.31. The molecule has 0 unspecified atom stereocenters. The second kappa shape index (κ2) is 7.37. The smallest absolute Gasteiger partial charge is 0.257 e. The van der Waals surface area contributed by atoms with Crippen LogP contribution in [0.3, 0.4) is 0 Å². The number of aromatic nitrogens is 1. The molecule has 0 fully saturated rings. The van der Waals surface area contributed by atoms with Gasteiger partial charge in [-0.3, -0.25) is 10.1 Å². The third kappa shape index (κ3) is 4.51. The highest BCUT2D eigenvalue weighted by atomic mass is 32.1. The first-order valence-corrected chi connectivity index (χ1v) is 9.96. The number of hydrogen-bond acceptors (Lipinski definition) is 4. The Morgan fingerprint density at radius 1 is 1.11 bits per heavy atom. The molecular weight excluding hydrogens is 374 g/mol. The number of amides is 1. The average Bonchev–Trinajstić information content (AvgIpc) is 2.96. The van der Waals surface area contributed by atoms with Gasteiger partial charge < -0.3 is 5.32 Å². The van der Waals surface area contributed by atoms with Gasteiger partial charge in [0.25, 0.3) is 5.91 Å². The summed E-state index contributed by atoms with van der Waals surface area (Å²) in [5, 5.41) is 6.66. The summed E-state index contributed by atoms with van der Waals surface area (Å²) in [6.07, 6.45) is 0. The minimum absolute atomic E-state index is 0.0508. The van der Waals surface area contributed by atoms with Gasteiger partial charge in [0, 0.05) is 5.56 Å². The van der Waals surface area contributed by atoms with Crippen molar-refractivity contribution in [3.05, 3.63) is 58.7 Å². The predicted molar refractivity (Wildman–Crippen MR) is 118 cm³/mol. The quantitative estimate of drug-likeness (QED) is 0.573. The number of nitrogens with one attached hydrogen (secondary N) is 2.